The Bertz CT molecular complexity index is 988. The minimum atomic E-state index is -3.69. The third kappa shape index (κ3) is 5.31. The molecule has 2 N–H and O–H groups in total. The van der Waals surface area contributed by atoms with Crippen molar-refractivity contribution >= 4 is 39.2 Å². The largest absolute Gasteiger partial charge is 0.449 e. The molecule has 1 aliphatic carbocycles. The van der Waals surface area contributed by atoms with Gasteiger partial charge >= 0.3 is 5.97 Å². The molecule has 2 aromatic rings. The second-order valence-electron chi connectivity index (χ2n) is 6.47. The summed E-state index contributed by atoms with van der Waals surface area (Å²) < 4.78 is 32.3. The summed E-state index contributed by atoms with van der Waals surface area (Å²) in [5.41, 5.74) is 0.557. The van der Waals surface area contributed by atoms with E-state index in [1.807, 2.05) is 0 Å². The number of benzene rings is 2. The highest BCUT2D eigenvalue weighted by Crippen LogP contribution is 2.22. The van der Waals surface area contributed by atoms with Crippen LogP contribution in [0.25, 0.3) is 0 Å². The number of carbonyl (C=O) groups excluding carboxylic acids is 2. The minimum Gasteiger partial charge on any atom is -0.449 e. The minimum absolute atomic E-state index is 0.0212. The molecule has 7 nitrogen and oxygen atoms in total. The molecular weight excluding hydrogens is 404 g/mol. The number of hydrogen-bond acceptors (Lipinski definition) is 5. The highest BCUT2D eigenvalue weighted by Gasteiger charge is 2.28. The molecule has 0 aromatic heterocycles. The van der Waals surface area contributed by atoms with Crippen molar-refractivity contribution in [3.05, 3.63) is 59.1 Å². The molecule has 148 valence electrons. The molecule has 3 rings (SSSR count). The zero-order valence-electron chi connectivity index (χ0n) is 15.0. The number of rotatable bonds is 7. The first-order valence-corrected chi connectivity index (χ1v) is 10.5. The van der Waals surface area contributed by atoms with Crippen LogP contribution < -0.4 is 10.0 Å². The summed E-state index contributed by atoms with van der Waals surface area (Å²) in [7, 11) is -3.69. The molecule has 1 unspecified atom stereocenters. The summed E-state index contributed by atoms with van der Waals surface area (Å²) in [6, 6.07) is 12.0. The number of hydrogen-bond donors (Lipinski definition) is 2. The van der Waals surface area contributed by atoms with E-state index in [4.69, 9.17) is 16.3 Å². The second kappa shape index (κ2) is 8.30. The van der Waals surface area contributed by atoms with Gasteiger partial charge in [0.2, 0.25) is 10.0 Å². The number of amides is 1. The molecule has 0 bridgehead atoms. The van der Waals surface area contributed by atoms with Gasteiger partial charge in [0.15, 0.2) is 6.10 Å². The average molecular weight is 423 g/mol. The Morgan fingerprint density at radius 3 is 2.46 bits per heavy atom. The molecule has 0 aliphatic heterocycles. The van der Waals surface area contributed by atoms with Crippen molar-refractivity contribution in [3.63, 3.8) is 0 Å². The van der Waals surface area contributed by atoms with Crippen molar-refractivity contribution in [2.75, 3.05) is 5.32 Å². The Balaban J connectivity index is 1.64. The van der Waals surface area contributed by atoms with Crippen molar-refractivity contribution in [2.24, 2.45) is 0 Å². The quantitative estimate of drug-likeness (QED) is 0.668. The normalized spacial score (nSPS) is 14.9. The number of ether oxygens (including phenoxy) is 1. The highest BCUT2D eigenvalue weighted by molar-refractivity contribution is 7.89. The first-order valence-electron chi connectivity index (χ1n) is 8.64. The van der Waals surface area contributed by atoms with E-state index >= 15 is 0 Å². The summed E-state index contributed by atoms with van der Waals surface area (Å²) >= 11 is 5.79. The molecule has 1 fully saturated rings. The van der Waals surface area contributed by atoms with Crippen LogP contribution in [-0.2, 0) is 19.6 Å². The van der Waals surface area contributed by atoms with E-state index in [1.165, 1.54) is 31.2 Å². The number of sulfonamides is 1. The monoisotopic (exact) mass is 422 g/mol. The van der Waals surface area contributed by atoms with Gasteiger partial charge in [-0.25, -0.2) is 17.9 Å². The van der Waals surface area contributed by atoms with Crippen LogP contribution in [0.4, 0.5) is 5.69 Å². The summed E-state index contributed by atoms with van der Waals surface area (Å²) in [5, 5.41) is 3.14. The fraction of sp³-hybridized carbons (Fsp3) is 0.263. The van der Waals surface area contributed by atoms with E-state index < -0.39 is 28.0 Å². The topological polar surface area (TPSA) is 102 Å². The fourth-order valence-corrected chi connectivity index (χ4v) is 3.81. The van der Waals surface area contributed by atoms with Gasteiger partial charge in [0.05, 0.1) is 10.5 Å². The summed E-state index contributed by atoms with van der Waals surface area (Å²) in [4.78, 5) is 24.5. The van der Waals surface area contributed by atoms with Crippen LogP contribution in [0.2, 0.25) is 5.02 Å². The highest BCUT2D eigenvalue weighted by atomic mass is 35.5. The molecule has 0 saturated heterocycles. The van der Waals surface area contributed by atoms with E-state index in [0.717, 1.165) is 12.8 Å². The first kappa shape index (κ1) is 20.3. The van der Waals surface area contributed by atoms with Crippen LogP contribution in [0.3, 0.4) is 0 Å². The van der Waals surface area contributed by atoms with Crippen LogP contribution in [0.5, 0.6) is 0 Å². The maximum atomic E-state index is 12.3. The summed E-state index contributed by atoms with van der Waals surface area (Å²) in [5.74, 6) is -1.31. The van der Waals surface area contributed by atoms with Crippen LogP contribution in [0, 0.1) is 0 Å². The Labute approximate surface area is 168 Å². The Hall–Kier alpha value is -2.42. The van der Waals surface area contributed by atoms with Gasteiger partial charge in [-0.1, -0.05) is 17.7 Å². The van der Waals surface area contributed by atoms with Crippen molar-refractivity contribution in [2.45, 2.75) is 36.8 Å². The molecule has 1 aliphatic rings. The number of halogens is 1. The van der Waals surface area contributed by atoms with Gasteiger partial charge in [0.25, 0.3) is 5.91 Å². The van der Waals surface area contributed by atoms with E-state index in [9.17, 15) is 18.0 Å². The standard InChI is InChI=1S/C19H19ClN2O5S/c1-12(18(23)21-15-7-5-14(20)6-8-15)27-19(24)13-3-2-4-17(11-13)28(25,26)22-16-9-10-16/h2-8,11-12,16,22H,9-10H2,1H3,(H,21,23). The van der Waals surface area contributed by atoms with Crippen molar-refractivity contribution in [1.82, 2.24) is 4.72 Å². The Kier molecular flexibility index (Phi) is 6.02. The molecule has 9 heteroatoms. The number of carbonyl (C=O) groups is 2. The van der Waals surface area contributed by atoms with E-state index in [1.54, 1.807) is 24.3 Å². The van der Waals surface area contributed by atoms with Gasteiger partial charge in [0, 0.05) is 16.8 Å². The second-order valence-corrected chi connectivity index (χ2v) is 8.62. The van der Waals surface area contributed by atoms with Crippen LogP contribution in [-0.4, -0.2) is 32.4 Å². The number of anilines is 1. The lowest BCUT2D eigenvalue weighted by atomic mass is 10.2. The van der Waals surface area contributed by atoms with Crippen LogP contribution in [0.1, 0.15) is 30.1 Å². The zero-order chi connectivity index (χ0) is 20.3. The van der Waals surface area contributed by atoms with Gasteiger partial charge < -0.3 is 10.1 Å². The van der Waals surface area contributed by atoms with Gasteiger partial charge in [0.1, 0.15) is 0 Å². The zero-order valence-corrected chi connectivity index (χ0v) is 16.6. The summed E-state index contributed by atoms with van der Waals surface area (Å²) in [6.45, 7) is 1.43. The predicted octanol–water partition coefficient (Wildman–Crippen LogP) is 2.96. The number of esters is 1. The molecule has 1 atom stereocenters. The maximum absolute atomic E-state index is 12.3. The molecule has 1 saturated carbocycles. The van der Waals surface area contributed by atoms with E-state index in [-0.39, 0.29) is 16.5 Å². The van der Waals surface area contributed by atoms with Crippen LogP contribution in [0.15, 0.2) is 53.4 Å². The third-order valence-corrected chi connectivity index (χ3v) is 5.81. The molecule has 0 heterocycles. The van der Waals surface area contributed by atoms with E-state index in [2.05, 4.69) is 10.0 Å². The van der Waals surface area contributed by atoms with Crippen molar-refractivity contribution < 1.29 is 22.7 Å². The first-order chi connectivity index (χ1) is 13.2. The average Bonchev–Trinajstić information content (AvgIpc) is 3.47. The Morgan fingerprint density at radius 2 is 1.82 bits per heavy atom. The SMILES string of the molecule is CC(OC(=O)c1cccc(S(=O)(=O)NC2CC2)c1)C(=O)Nc1ccc(Cl)cc1. The van der Waals surface area contributed by atoms with Gasteiger partial charge in [-0.3, -0.25) is 4.79 Å². The molecule has 0 spiro atoms. The van der Waals surface area contributed by atoms with Gasteiger partial charge in [-0.2, -0.15) is 0 Å². The molecule has 1 amide bonds. The van der Waals surface area contributed by atoms with Gasteiger partial charge in [-0.15, -0.1) is 0 Å². The smallest absolute Gasteiger partial charge is 0.338 e. The molecule has 28 heavy (non-hydrogen) atoms. The van der Waals surface area contributed by atoms with Crippen LogP contribution >= 0.6 is 11.6 Å². The third-order valence-electron chi connectivity index (χ3n) is 4.04. The molecular formula is C19H19ClN2O5S. The van der Waals surface area contributed by atoms with Crippen molar-refractivity contribution in [3.8, 4) is 0 Å². The lowest BCUT2D eigenvalue weighted by molar-refractivity contribution is -0.123. The van der Waals surface area contributed by atoms with Crippen molar-refractivity contribution in [1.29, 1.82) is 0 Å². The summed E-state index contributed by atoms with van der Waals surface area (Å²) in [6.07, 6.45) is 0.538. The molecule has 0 radical (unpaired) electrons. The molecule has 2 aromatic carbocycles. The van der Waals surface area contributed by atoms with E-state index in [0.29, 0.717) is 10.7 Å². The fourth-order valence-electron chi connectivity index (χ4n) is 2.34. The predicted molar refractivity (Wildman–Crippen MR) is 105 cm³/mol. The maximum Gasteiger partial charge on any atom is 0.338 e. The Morgan fingerprint density at radius 1 is 1.14 bits per heavy atom. The lowest BCUT2D eigenvalue weighted by Crippen LogP contribution is -2.30. The van der Waals surface area contributed by atoms with Gasteiger partial charge in [-0.05, 0) is 62.2 Å². The number of nitrogens with one attached hydrogen (secondary N) is 2. The lowest BCUT2D eigenvalue weighted by Gasteiger charge is -2.14.